The number of hydrogen-bond acceptors (Lipinski definition) is 8. The zero-order valence-electron chi connectivity index (χ0n) is 49.6. The summed E-state index contributed by atoms with van der Waals surface area (Å²) in [4.78, 5) is 31.1. The third-order valence-corrected chi connectivity index (χ3v) is 18.6. The molecule has 2 aliphatic carbocycles. The smallest absolute Gasteiger partial charge is 0.303 e. The number of hydrogen-bond donors (Lipinski definition) is 5. The fourth-order valence-corrected chi connectivity index (χ4v) is 12.8. The van der Waals surface area contributed by atoms with E-state index in [-0.39, 0.29) is 46.5 Å². The van der Waals surface area contributed by atoms with Crippen LogP contribution in [0.4, 0.5) is 0 Å². The maximum atomic E-state index is 11.5. The number of carbonyl (C=O) groups is 2. The molecule has 6 aromatic carbocycles. The largest absolute Gasteiger partial charge is 0.481 e. The van der Waals surface area contributed by atoms with E-state index in [0.29, 0.717) is 35.6 Å². The number of carboxylic acid groups (broad SMARTS) is 2. The molecule has 462 valence electrons. The van der Waals surface area contributed by atoms with Crippen LogP contribution in [0.5, 0.6) is 0 Å². The first kappa shape index (κ1) is 72.7. The Balaban J connectivity index is 0.000000234. The Bertz CT molecular complexity index is 3640. The number of rotatable bonds is 22. The molecular formula is C71H77Cl2I4N2O6S2-. The van der Waals surface area contributed by atoms with Gasteiger partial charge < -0.3 is 20.4 Å². The summed E-state index contributed by atoms with van der Waals surface area (Å²) >= 11 is 23.5. The van der Waals surface area contributed by atoms with Crippen LogP contribution in [0, 0.1) is 10.8 Å². The van der Waals surface area contributed by atoms with Crippen molar-refractivity contribution < 1.29 is 43.3 Å². The van der Waals surface area contributed by atoms with Crippen LogP contribution in [0.25, 0.3) is 46.1 Å². The molecule has 0 unspecified atom stereocenters. The first-order chi connectivity index (χ1) is 41.0. The average Bonchev–Trinajstić information content (AvgIpc) is 3.87. The van der Waals surface area contributed by atoms with E-state index >= 15 is 0 Å². The monoisotopic (exact) mass is 1700 g/mol. The van der Waals surface area contributed by atoms with Crippen LogP contribution in [0.1, 0.15) is 153 Å². The molecule has 2 fully saturated rings. The van der Waals surface area contributed by atoms with Crippen LogP contribution in [0.2, 0.25) is 10.0 Å². The number of thioether (sulfide) groups is 1. The fourth-order valence-electron chi connectivity index (χ4n) is 10.5. The molecular weight excluding hydrogens is 1620 g/mol. The van der Waals surface area contributed by atoms with Gasteiger partial charge in [-0.3, -0.25) is 9.59 Å². The van der Waals surface area contributed by atoms with Gasteiger partial charge in [0.1, 0.15) is 0 Å². The Kier molecular flexibility index (Phi) is 28.7. The molecule has 2 atom stereocenters. The molecule has 8 aromatic rings. The van der Waals surface area contributed by atoms with Crippen molar-refractivity contribution in [2.45, 2.75) is 121 Å². The van der Waals surface area contributed by atoms with E-state index < -0.39 is 23.1 Å². The molecule has 0 saturated heterocycles. The van der Waals surface area contributed by atoms with Crippen LogP contribution >= 0.6 is 109 Å². The first-order valence-corrected chi connectivity index (χ1v) is 43.8. The van der Waals surface area contributed by atoms with Gasteiger partial charge >= 0.3 is 62.4 Å². The molecule has 2 saturated carbocycles. The zero-order valence-corrected chi connectivity index (χ0v) is 61.6. The fraction of sp³-hybridized carbons (Fsp3) is 0.324. The second kappa shape index (κ2) is 34.4. The van der Waals surface area contributed by atoms with Crippen molar-refractivity contribution in [3.05, 3.63) is 224 Å². The molecule has 2 aromatic heterocycles. The SMILES string of the molecule is CC(C)(O)c1ccccc1CC[C@@H](SCC1(CC(=O)O)CC1)c1cccc(/C=C/c2ccc3ccc(Cl)cc3n2)c1.C[C@@H](CCc1ccccc1C(C)(C)O)c1cccc(/C=C/c2ccc3ccc(Cl)cc3n2)c1.I.I[I-]I.O=C(O)CC1(CS)CC1. The number of carboxylic acids is 2. The van der Waals surface area contributed by atoms with Gasteiger partial charge in [-0.2, -0.15) is 24.4 Å². The summed E-state index contributed by atoms with van der Waals surface area (Å²) in [6.45, 7) is 9.63. The van der Waals surface area contributed by atoms with Crippen molar-refractivity contribution in [2.75, 3.05) is 11.5 Å². The number of pyridine rings is 2. The molecule has 16 heteroatoms. The van der Waals surface area contributed by atoms with Gasteiger partial charge in [-0.25, -0.2) is 9.97 Å². The second-order valence-electron chi connectivity index (χ2n) is 23.7. The topological polar surface area (TPSA) is 141 Å². The number of fused-ring (bicyclic) bond motifs is 2. The van der Waals surface area contributed by atoms with Crippen LogP contribution < -0.4 is 13.3 Å². The summed E-state index contributed by atoms with van der Waals surface area (Å²) in [6, 6.07) is 53.2. The summed E-state index contributed by atoms with van der Waals surface area (Å²) in [5.74, 6) is 0.561. The molecule has 0 bridgehead atoms. The summed E-state index contributed by atoms with van der Waals surface area (Å²) in [7, 11) is 0. The van der Waals surface area contributed by atoms with Gasteiger partial charge in [-0.15, -0.1) is 24.0 Å². The van der Waals surface area contributed by atoms with Crippen molar-refractivity contribution in [1.82, 2.24) is 9.97 Å². The van der Waals surface area contributed by atoms with Crippen LogP contribution in [-0.4, -0.2) is 53.8 Å². The third kappa shape index (κ3) is 23.4. The third-order valence-electron chi connectivity index (χ3n) is 15.8. The number of nitrogens with zero attached hydrogens (tertiary/aromatic N) is 2. The van der Waals surface area contributed by atoms with E-state index in [4.69, 9.17) is 38.3 Å². The second-order valence-corrected chi connectivity index (χ2v) is 42.3. The predicted octanol–water partition coefficient (Wildman–Crippen LogP) is 17.5. The number of aliphatic hydroxyl groups is 2. The summed E-state index contributed by atoms with van der Waals surface area (Å²) < 4.78 is 0. The average molecular weight is 1700 g/mol. The van der Waals surface area contributed by atoms with Crippen molar-refractivity contribution in [1.29, 1.82) is 0 Å². The number of halogens is 6. The molecule has 0 spiro atoms. The molecule has 0 radical (unpaired) electrons. The molecule has 4 N–H and O–H groups in total. The van der Waals surface area contributed by atoms with Crippen molar-refractivity contribution in [3.8, 4) is 0 Å². The van der Waals surface area contributed by atoms with Gasteiger partial charge in [0.25, 0.3) is 0 Å². The van der Waals surface area contributed by atoms with Gasteiger partial charge in [0, 0.05) is 31.8 Å². The molecule has 8 nitrogen and oxygen atoms in total. The van der Waals surface area contributed by atoms with Gasteiger partial charge in [-0.1, -0.05) is 164 Å². The van der Waals surface area contributed by atoms with Crippen molar-refractivity contribution >= 4 is 167 Å². The number of aromatic nitrogens is 2. The van der Waals surface area contributed by atoms with E-state index in [9.17, 15) is 24.9 Å². The Hall–Kier alpha value is -3.32. The van der Waals surface area contributed by atoms with Crippen molar-refractivity contribution in [3.63, 3.8) is 0 Å². The Labute approximate surface area is 580 Å². The summed E-state index contributed by atoms with van der Waals surface area (Å²) in [5.41, 5.74) is 10.9. The van der Waals surface area contributed by atoms with E-state index in [1.54, 1.807) is 0 Å². The number of thiol groups is 1. The van der Waals surface area contributed by atoms with Crippen LogP contribution in [0.15, 0.2) is 158 Å². The van der Waals surface area contributed by atoms with Gasteiger partial charge in [0.15, 0.2) is 0 Å². The summed E-state index contributed by atoms with van der Waals surface area (Å²) in [6.07, 6.45) is 16.5. The van der Waals surface area contributed by atoms with E-state index in [2.05, 4.69) is 148 Å². The quantitative estimate of drug-likeness (QED) is 0.0331. The first-order valence-electron chi connectivity index (χ1n) is 28.8. The zero-order chi connectivity index (χ0) is 62.1. The van der Waals surface area contributed by atoms with Gasteiger partial charge in [0.05, 0.1) is 46.5 Å². The summed E-state index contributed by atoms with van der Waals surface area (Å²) in [5, 5.41) is 42.8. The van der Waals surface area contributed by atoms with E-state index in [1.807, 2.05) is 130 Å². The number of benzene rings is 6. The van der Waals surface area contributed by atoms with Crippen LogP contribution in [0.3, 0.4) is 0 Å². The molecule has 2 aliphatic rings. The number of aliphatic carboxylic acids is 2. The molecule has 0 aliphatic heterocycles. The van der Waals surface area contributed by atoms with E-state index in [0.717, 1.165) is 124 Å². The Morgan fingerprint density at radius 2 is 1.03 bits per heavy atom. The molecule has 0 amide bonds. The minimum absolute atomic E-state index is 0. The Morgan fingerprint density at radius 3 is 1.47 bits per heavy atom. The molecule has 87 heavy (non-hydrogen) atoms. The van der Waals surface area contributed by atoms with Gasteiger partial charge in [0.2, 0.25) is 0 Å². The minimum Gasteiger partial charge on any atom is -0.481 e. The maximum absolute atomic E-state index is 11.5. The standard InChI is InChI=1S/C35H36ClNO3S.C30H30ClNO.C6H10O2S.I3.HI/c1-34(2,40)30-9-4-3-7-25(30)13-17-32(41-23-35(18-19-35)22-33(38)39)27-8-5-6-24(20-27)10-15-29-16-12-26-11-14-28(36)21-31(26)37-29;1-21(11-13-23-8-4-5-10-28(23)30(2,3)33)25-9-6-7-22(19-25)12-17-27-18-15-24-14-16-26(31)20-29(24)32-27;7-5(8)3-6(4-9)1-2-6;1-3-2;/h3-12,14-16,20-21,32,40H,13,17-19,22-23H2,1-2H3,(H,38,39);4-10,12,14-21,33H,11,13H2,1-3H3;9H,1-4H2,(H,7,8);;1H/q;;;-1;/b15-10+;17-12+;;;/t32-;21-;;;/m10.../s1. The van der Waals surface area contributed by atoms with E-state index in [1.165, 1.54) is 16.7 Å². The maximum Gasteiger partial charge on any atom is 0.303 e. The van der Waals surface area contributed by atoms with Gasteiger partial charge in [-0.05, 0) is 195 Å². The normalized spacial score (nSPS) is 14.6. The minimum atomic E-state index is -0.911. The predicted molar refractivity (Wildman–Crippen MR) is 393 cm³/mol. The number of aryl methyl sites for hydroxylation is 2. The van der Waals surface area contributed by atoms with Crippen LogP contribution in [-0.2, 0) is 33.6 Å². The van der Waals surface area contributed by atoms with Crippen molar-refractivity contribution in [2.24, 2.45) is 10.8 Å². The Morgan fingerprint density at radius 1 is 0.609 bits per heavy atom. The molecule has 10 rings (SSSR count). The molecule has 2 heterocycles.